The van der Waals surface area contributed by atoms with E-state index in [2.05, 4.69) is 25.7 Å². The SMILES string of the molecule is N#Cc1cnc(Nc2cc(NC3CC3)n3ncc(C=O)c3n2)c(Cl)c1. The zero-order valence-corrected chi connectivity index (χ0v) is 13.7. The topological polar surface area (TPSA) is 108 Å². The summed E-state index contributed by atoms with van der Waals surface area (Å²) in [7, 11) is 0. The quantitative estimate of drug-likeness (QED) is 0.679. The van der Waals surface area contributed by atoms with Crippen LogP contribution in [0.5, 0.6) is 0 Å². The number of carbonyl (C=O) groups excluding carboxylic acids is 1. The van der Waals surface area contributed by atoms with E-state index in [1.807, 2.05) is 6.07 Å². The third kappa shape index (κ3) is 2.97. The van der Waals surface area contributed by atoms with Crippen LogP contribution in [0.15, 0.2) is 24.5 Å². The molecule has 0 bridgehead atoms. The van der Waals surface area contributed by atoms with E-state index in [0.717, 1.165) is 18.7 Å². The van der Waals surface area contributed by atoms with Gasteiger partial charge in [0, 0.05) is 18.3 Å². The van der Waals surface area contributed by atoms with Crippen molar-refractivity contribution in [1.82, 2.24) is 19.6 Å². The maximum Gasteiger partial charge on any atom is 0.170 e. The Balaban J connectivity index is 1.76. The first-order valence-corrected chi connectivity index (χ1v) is 7.99. The minimum atomic E-state index is 0.307. The number of aromatic nitrogens is 4. The van der Waals surface area contributed by atoms with E-state index in [1.165, 1.54) is 18.5 Å². The molecule has 0 aliphatic heterocycles. The lowest BCUT2D eigenvalue weighted by atomic mass is 10.3. The number of fused-ring (bicyclic) bond motifs is 1. The molecule has 25 heavy (non-hydrogen) atoms. The van der Waals surface area contributed by atoms with Crippen molar-refractivity contribution in [1.29, 1.82) is 5.26 Å². The van der Waals surface area contributed by atoms with Crippen LogP contribution < -0.4 is 10.6 Å². The molecular weight excluding hydrogens is 342 g/mol. The van der Waals surface area contributed by atoms with Gasteiger partial charge >= 0.3 is 0 Å². The van der Waals surface area contributed by atoms with Crippen molar-refractivity contribution >= 4 is 41.0 Å². The third-order valence-corrected chi connectivity index (χ3v) is 4.06. The Labute approximate surface area is 147 Å². The molecule has 1 fully saturated rings. The van der Waals surface area contributed by atoms with Gasteiger partial charge in [-0.15, -0.1) is 0 Å². The molecule has 1 aliphatic carbocycles. The van der Waals surface area contributed by atoms with Crippen LogP contribution in [0, 0.1) is 11.3 Å². The van der Waals surface area contributed by atoms with E-state index < -0.39 is 0 Å². The number of hydrogen-bond donors (Lipinski definition) is 2. The standard InChI is InChI=1S/C16H12ClN7O/c17-12-3-9(5-18)6-19-15(12)22-13-4-14(21-11-1-2-11)24-16(23-13)10(8-25)7-20-24/h3-4,6-8,11,21H,1-2H2,(H,19,22,23). The fourth-order valence-corrected chi connectivity index (χ4v) is 2.59. The van der Waals surface area contributed by atoms with Crippen LogP contribution in [-0.4, -0.2) is 31.9 Å². The number of nitriles is 1. The van der Waals surface area contributed by atoms with Crippen molar-refractivity contribution in [2.45, 2.75) is 18.9 Å². The number of pyridine rings is 1. The van der Waals surface area contributed by atoms with Gasteiger partial charge in [0.2, 0.25) is 0 Å². The molecule has 0 unspecified atom stereocenters. The number of hydrogen-bond acceptors (Lipinski definition) is 7. The molecule has 0 aromatic carbocycles. The average Bonchev–Trinajstić information content (AvgIpc) is 3.33. The Kier molecular flexibility index (Phi) is 3.71. The summed E-state index contributed by atoms with van der Waals surface area (Å²) in [5.41, 5.74) is 1.20. The average molecular weight is 354 g/mol. The van der Waals surface area contributed by atoms with E-state index in [9.17, 15) is 4.79 Å². The summed E-state index contributed by atoms with van der Waals surface area (Å²) in [5.74, 6) is 1.58. The number of halogens is 1. The molecule has 2 N–H and O–H groups in total. The molecule has 0 radical (unpaired) electrons. The molecule has 3 aromatic heterocycles. The van der Waals surface area contributed by atoms with Gasteiger partial charge in [0.25, 0.3) is 0 Å². The Morgan fingerprint density at radius 1 is 1.36 bits per heavy atom. The van der Waals surface area contributed by atoms with Gasteiger partial charge < -0.3 is 10.6 Å². The van der Waals surface area contributed by atoms with Gasteiger partial charge in [0.05, 0.1) is 22.3 Å². The summed E-state index contributed by atoms with van der Waals surface area (Å²) >= 11 is 6.15. The van der Waals surface area contributed by atoms with Crippen molar-refractivity contribution in [2.75, 3.05) is 10.6 Å². The number of rotatable bonds is 5. The van der Waals surface area contributed by atoms with E-state index in [-0.39, 0.29) is 0 Å². The Hall–Kier alpha value is -3.18. The Morgan fingerprint density at radius 2 is 2.20 bits per heavy atom. The van der Waals surface area contributed by atoms with Crippen LogP contribution in [0.1, 0.15) is 28.8 Å². The van der Waals surface area contributed by atoms with Crippen molar-refractivity contribution in [2.24, 2.45) is 0 Å². The lowest BCUT2D eigenvalue weighted by Gasteiger charge is -2.11. The number of nitrogens with zero attached hydrogens (tertiary/aromatic N) is 5. The van der Waals surface area contributed by atoms with Gasteiger partial charge in [-0.25, -0.2) is 9.97 Å². The lowest BCUT2D eigenvalue weighted by molar-refractivity contribution is 0.112. The normalized spacial score (nSPS) is 13.4. The van der Waals surface area contributed by atoms with Gasteiger partial charge in [-0.05, 0) is 18.9 Å². The molecular formula is C16H12ClN7O. The van der Waals surface area contributed by atoms with Crippen LogP contribution in [0.4, 0.5) is 17.5 Å². The molecule has 1 saturated carbocycles. The molecule has 9 heteroatoms. The smallest absolute Gasteiger partial charge is 0.170 e. The van der Waals surface area contributed by atoms with Crippen LogP contribution in [0.25, 0.3) is 5.65 Å². The summed E-state index contributed by atoms with van der Waals surface area (Å²) in [4.78, 5) is 19.8. The number of aldehydes is 1. The van der Waals surface area contributed by atoms with Crippen LogP contribution in [0.3, 0.4) is 0 Å². The van der Waals surface area contributed by atoms with Crippen LogP contribution in [0.2, 0.25) is 5.02 Å². The zero-order chi connectivity index (χ0) is 17.4. The first-order valence-electron chi connectivity index (χ1n) is 7.61. The van der Waals surface area contributed by atoms with Crippen LogP contribution >= 0.6 is 11.6 Å². The monoisotopic (exact) mass is 353 g/mol. The molecule has 0 atom stereocenters. The third-order valence-electron chi connectivity index (χ3n) is 3.77. The van der Waals surface area contributed by atoms with Crippen molar-refractivity contribution in [3.63, 3.8) is 0 Å². The summed E-state index contributed by atoms with van der Waals surface area (Å²) in [6.07, 6.45) is 5.80. The van der Waals surface area contributed by atoms with E-state index in [4.69, 9.17) is 16.9 Å². The maximum atomic E-state index is 11.2. The molecule has 1 aliphatic rings. The maximum absolute atomic E-state index is 11.2. The molecule has 4 rings (SSSR count). The van der Waals surface area contributed by atoms with E-state index >= 15 is 0 Å². The molecule has 0 spiro atoms. The van der Waals surface area contributed by atoms with E-state index in [0.29, 0.717) is 45.8 Å². The van der Waals surface area contributed by atoms with Crippen molar-refractivity contribution in [3.05, 3.63) is 40.7 Å². The molecule has 3 aromatic rings. The predicted molar refractivity (Wildman–Crippen MR) is 92.3 cm³/mol. The van der Waals surface area contributed by atoms with Crippen molar-refractivity contribution in [3.8, 4) is 6.07 Å². The van der Waals surface area contributed by atoms with E-state index in [1.54, 1.807) is 10.6 Å². The minimum Gasteiger partial charge on any atom is -0.367 e. The lowest BCUT2D eigenvalue weighted by Crippen LogP contribution is -2.09. The number of nitrogens with one attached hydrogen (secondary N) is 2. The Bertz CT molecular complexity index is 1020. The number of carbonyl (C=O) groups is 1. The second-order valence-corrected chi connectivity index (χ2v) is 6.10. The molecule has 8 nitrogen and oxygen atoms in total. The van der Waals surface area contributed by atoms with Gasteiger partial charge in [-0.3, -0.25) is 4.79 Å². The zero-order valence-electron chi connectivity index (χ0n) is 12.9. The summed E-state index contributed by atoms with van der Waals surface area (Å²) < 4.78 is 1.60. The minimum absolute atomic E-state index is 0.307. The van der Waals surface area contributed by atoms with Gasteiger partial charge in [0.15, 0.2) is 11.9 Å². The summed E-state index contributed by atoms with van der Waals surface area (Å²) in [6.45, 7) is 0. The highest BCUT2D eigenvalue weighted by Crippen LogP contribution is 2.29. The molecule has 124 valence electrons. The molecule has 3 heterocycles. The van der Waals surface area contributed by atoms with Crippen molar-refractivity contribution < 1.29 is 4.79 Å². The second kappa shape index (κ2) is 6.03. The highest BCUT2D eigenvalue weighted by atomic mass is 35.5. The Morgan fingerprint density at radius 3 is 2.88 bits per heavy atom. The highest BCUT2D eigenvalue weighted by Gasteiger charge is 2.23. The molecule has 0 saturated heterocycles. The van der Waals surface area contributed by atoms with Gasteiger partial charge in [-0.1, -0.05) is 11.6 Å². The largest absolute Gasteiger partial charge is 0.367 e. The first-order chi connectivity index (χ1) is 12.2. The highest BCUT2D eigenvalue weighted by molar-refractivity contribution is 6.33. The predicted octanol–water partition coefficient (Wildman–Crippen LogP) is 2.78. The first kappa shape index (κ1) is 15.4. The number of anilines is 3. The second-order valence-electron chi connectivity index (χ2n) is 5.69. The van der Waals surface area contributed by atoms with Gasteiger partial charge in [0.1, 0.15) is 23.5 Å². The summed E-state index contributed by atoms with van der Waals surface area (Å²) in [6, 6.07) is 5.69. The molecule has 0 amide bonds. The fraction of sp³-hybridized carbons (Fsp3) is 0.188. The van der Waals surface area contributed by atoms with Crippen LogP contribution in [-0.2, 0) is 0 Å². The fourth-order valence-electron chi connectivity index (χ4n) is 2.38. The van der Waals surface area contributed by atoms with Gasteiger partial charge in [-0.2, -0.15) is 14.9 Å². The summed E-state index contributed by atoms with van der Waals surface area (Å²) in [5, 5.41) is 19.8.